The van der Waals surface area contributed by atoms with E-state index in [1.54, 1.807) is 14.2 Å². The van der Waals surface area contributed by atoms with Crippen LogP contribution in [0.25, 0.3) is 17.2 Å². The molecule has 5 aromatic carbocycles. The summed E-state index contributed by atoms with van der Waals surface area (Å²) in [6.45, 7) is 1.21. The highest BCUT2D eigenvalue weighted by Gasteiger charge is 2.41. The van der Waals surface area contributed by atoms with Crippen molar-refractivity contribution in [3.63, 3.8) is 0 Å². The van der Waals surface area contributed by atoms with E-state index in [0.29, 0.717) is 24.6 Å². The van der Waals surface area contributed by atoms with Crippen molar-refractivity contribution in [1.29, 1.82) is 0 Å². The van der Waals surface area contributed by atoms with E-state index < -0.39 is 41.2 Å². The molecule has 4 N–H and O–H groups in total. The normalized spacial score (nSPS) is 16.7. The minimum absolute atomic E-state index is 0.00460. The Labute approximate surface area is 400 Å². The number of H-pyrrole nitrogens is 1. The van der Waals surface area contributed by atoms with Crippen molar-refractivity contribution in [2.75, 3.05) is 47.1 Å². The molecule has 2 aliphatic rings. The van der Waals surface area contributed by atoms with Crippen LogP contribution in [0.15, 0.2) is 149 Å². The zero-order chi connectivity index (χ0) is 48.2. The molecule has 1 fully saturated rings. The smallest absolute Gasteiger partial charge is 0.407 e. The third-order valence-corrected chi connectivity index (χ3v) is 12.9. The third kappa shape index (κ3) is 11.2. The molecular formula is C55H58N4O10. The van der Waals surface area contributed by atoms with Crippen LogP contribution in [-0.2, 0) is 24.6 Å². The molecule has 0 bridgehead atoms. The molecule has 1 aliphatic carbocycles. The van der Waals surface area contributed by atoms with Crippen LogP contribution in [-0.4, -0.2) is 86.0 Å². The number of amides is 2. The van der Waals surface area contributed by atoms with Crippen molar-refractivity contribution in [3.05, 3.63) is 194 Å². The number of fused-ring (bicyclic) bond motifs is 3. The number of ether oxygens (including phenoxy) is 5. The standard InChI is InChI=1S/C55H58N4O10/c1-65-42-25-21-39(22-26-42)55(38-14-6-5-7-15-38,40-23-27-43(66-2)28-24-40)69-36-50-49(60)32-41(34-67-50)59-33-37(52(62)58-53(59)63)20-29-51(61)56-30-12-3-4-13-31-57-54(64)68-35-48-46-18-10-8-16-44(46)45-17-9-11-19-47(45)48/h5-11,14-29,33,41,48-50,60H,3-4,12-13,30-32,34-36H2,1-2H3,(H,56,61)(H,57,64)(H,58,62,63)/b29-20+. The van der Waals surface area contributed by atoms with Gasteiger partial charge in [0.25, 0.3) is 5.56 Å². The van der Waals surface area contributed by atoms with Crippen molar-refractivity contribution in [2.24, 2.45) is 0 Å². The minimum Gasteiger partial charge on any atom is -0.497 e. The van der Waals surface area contributed by atoms with Crippen LogP contribution in [0.3, 0.4) is 0 Å². The first-order valence-electron chi connectivity index (χ1n) is 23.4. The van der Waals surface area contributed by atoms with Crippen molar-refractivity contribution in [3.8, 4) is 22.6 Å². The van der Waals surface area contributed by atoms with E-state index in [4.69, 9.17) is 23.7 Å². The van der Waals surface area contributed by atoms with Crippen LogP contribution in [0.2, 0.25) is 0 Å². The van der Waals surface area contributed by atoms with E-state index in [1.165, 1.54) is 34.0 Å². The van der Waals surface area contributed by atoms with Crippen LogP contribution in [0, 0.1) is 0 Å². The van der Waals surface area contributed by atoms with Gasteiger partial charge in [0.2, 0.25) is 5.91 Å². The van der Waals surface area contributed by atoms with E-state index in [2.05, 4.69) is 39.9 Å². The summed E-state index contributed by atoms with van der Waals surface area (Å²) in [6.07, 6.45) is 5.07. The second-order valence-electron chi connectivity index (χ2n) is 17.2. The van der Waals surface area contributed by atoms with Crippen LogP contribution in [0.5, 0.6) is 11.5 Å². The zero-order valence-corrected chi connectivity index (χ0v) is 38.8. The average Bonchev–Trinajstić information content (AvgIpc) is 3.70. The number of hydrogen-bond acceptors (Lipinski definition) is 10. The SMILES string of the molecule is COc1ccc(C(OCC2OCC(n3cc(/C=C/C(=O)NCCCCCCNC(=O)OCC4c5ccccc5-c5ccccc54)c(=O)[nH]c3=O)CC2O)(c2ccccc2)c2ccc(OC)cc2)cc1. The zero-order valence-electron chi connectivity index (χ0n) is 38.8. The van der Waals surface area contributed by atoms with Gasteiger partial charge >= 0.3 is 11.8 Å². The number of rotatable bonds is 20. The first-order chi connectivity index (χ1) is 33.7. The summed E-state index contributed by atoms with van der Waals surface area (Å²) < 4.78 is 31.0. The monoisotopic (exact) mass is 934 g/mol. The van der Waals surface area contributed by atoms with Gasteiger partial charge in [0.1, 0.15) is 29.8 Å². The van der Waals surface area contributed by atoms with Gasteiger partial charge in [-0.05, 0) is 88.5 Å². The Kier molecular flexibility index (Phi) is 15.9. The van der Waals surface area contributed by atoms with Crippen LogP contribution in [0.1, 0.15) is 77.4 Å². The molecule has 0 spiro atoms. The van der Waals surface area contributed by atoms with E-state index in [0.717, 1.165) is 53.5 Å². The quantitative estimate of drug-likeness (QED) is 0.0341. The first-order valence-corrected chi connectivity index (χ1v) is 23.4. The molecule has 14 heteroatoms. The van der Waals surface area contributed by atoms with Crippen molar-refractivity contribution in [1.82, 2.24) is 20.2 Å². The van der Waals surface area contributed by atoms with Gasteiger partial charge in [-0.15, -0.1) is 0 Å². The molecule has 14 nitrogen and oxygen atoms in total. The van der Waals surface area contributed by atoms with Crippen LogP contribution >= 0.6 is 0 Å². The van der Waals surface area contributed by atoms with Crippen molar-refractivity contribution < 1.29 is 38.4 Å². The number of nitrogens with zero attached hydrogens (tertiary/aromatic N) is 1. The number of aliphatic hydroxyl groups is 1. The van der Waals surface area contributed by atoms with Gasteiger partial charge in [-0.25, -0.2) is 9.59 Å². The van der Waals surface area contributed by atoms with Gasteiger partial charge in [-0.2, -0.15) is 0 Å². The number of aromatic nitrogens is 2. The average molecular weight is 935 g/mol. The maximum Gasteiger partial charge on any atom is 0.407 e. The maximum absolute atomic E-state index is 13.1. The fraction of sp³-hybridized carbons (Fsp3) is 0.309. The number of aromatic amines is 1. The number of aliphatic hydroxyl groups excluding tert-OH is 1. The molecule has 1 saturated heterocycles. The second kappa shape index (κ2) is 22.7. The Morgan fingerprint density at radius 3 is 1.90 bits per heavy atom. The lowest BCUT2D eigenvalue weighted by molar-refractivity contribution is -0.141. The molecule has 3 unspecified atom stereocenters. The minimum atomic E-state index is -1.13. The Morgan fingerprint density at radius 2 is 1.30 bits per heavy atom. The molecule has 1 aromatic heterocycles. The molecule has 69 heavy (non-hydrogen) atoms. The van der Waals surface area contributed by atoms with E-state index in [1.807, 2.05) is 103 Å². The largest absolute Gasteiger partial charge is 0.497 e. The summed E-state index contributed by atoms with van der Waals surface area (Å²) in [5.74, 6) is 0.988. The molecule has 2 heterocycles. The van der Waals surface area contributed by atoms with Gasteiger partial charge < -0.3 is 39.4 Å². The molecule has 6 aromatic rings. The molecular weight excluding hydrogens is 877 g/mol. The molecule has 3 atom stereocenters. The summed E-state index contributed by atoms with van der Waals surface area (Å²) in [5.41, 5.74) is 4.86. The molecule has 1 aliphatic heterocycles. The molecule has 0 radical (unpaired) electrons. The number of carbonyl (C=O) groups is 2. The van der Waals surface area contributed by atoms with Gasteiger partial charge in [0, 0.05) is 31.3 Å². The van der Waals surface area contributed by atoms with E-state index >= 15 is 0 Å². The number of alkyl carbamates (subject to hydrolysis) is 1. The number of methoxy groups -OCH3 is 2. The lowest BCUT2D eigenvalue weighted by Crippen LogP contribution is -2.47. The van der Waals surface area contributed by atoms with Gasteiger partial charge in [0.15, 0.2) is 0 Å². The van der Waals surface area contributed by atoms with Crippen molar-refractivity contribution in [2.45, 2.75) is 61.9 Å². The van der Waals surface area contributed by atoms with Crippen LogP contribution < -0.4 is 31.4 Å². The van der Waals surface area contributed by atoms with Crippen molar-refractivity contribution >= 4 is 18.1 Å². The predicted molar refractivity (Wildman–Crippen MR) is 263 cm³/mol. The van der Waals surface area contributed by atoms with E-state index in [9.17, 15) is 24.3 Å². The topological polar surface area (TPSA) is 179 Å². The van der Waals surface area contributed by atoms with Gasteiger partial charge in [-0.3, -0.25) is 19.1 Å². The van der Waals surface area contributed by atoms with Gasteiger partial charge in [-0.1, -0.05) is 116 Å². The van der Waals surface area contributed by atoms with Gasteiger partial charge in [0.05, 0.1) is 45.1 Å². The Hall–Kier alpha value is -7.26. The highest BCUT2D eigenvalue weighted by atomic mass is 16.6. The summed E-state index contributed by atoms with van der Waals surface area (Å²) >= 11 is 0. The Balaban J connectivity index is 0.798. The molecule has 8 rings (SSSR count). The second-order valence-corrected chi connectivity index (χ2v) is 17.2. The highest BCUT2D eigenvalue weighted by molar-refractivity contribution is 5.91. The number of unbranched alkanes of at least 4 members (excludes halogenated alkanes) is 3. The maximum atomic E-state index is 13.1. The lowest BCUT2D eigenvalue weighted by atomic mass is 9.80. The summed E-state index contributed by atoms with van der Waals surface area (Å²) in [4.78, 5) is 53.5. The third-order valence-electron chi connectivity index (χ3n) is 12.9. The summed E-state index contributed by atoms with van der Waals surface area (Å²) in [6, 6.07) is 40.9. The number of carbonyl (C=O) groups excluding carboxylic acids is 2. The predicted octanol–water partition coefficient (Wildman–Crippen LogP) is 7.48. The fourth-order valence-electron chi connectivity index (χ4n) is 9.25. The number of hydrogen-bond donors (Lipinski definition) is 4. The first kappa shape index (κ1) is 48.2. The Bertz CT molecular complexity index is 2730. The Morgan fingerprint density at radius 1 is 0.739 bits per heavy atom. The molecule has 358 valence electrons. The van der Waals surface area contributed by atoms with Crippen LogP contribution in [0.4, 0.5) is 4.79 Å². The highest BCUT2D eigenvalue weighted by Crippen LogP contribution is 2.45. The molecule has 0 saturated carbocycles. The molecule has 2 amide bonds. The lowest BCUT2D eigenvalue weighted by Gasteiger charge is -2.39. The fourth-order valence-corrected chi connectivity index (χ4v) is 9.25. The number of benzene rings is 5. The number of nitrogens with one attached hydrogen (secondary N) is 3. The summed E-state index contributed by atoms with van der Waals surface area (Å²) in [7, 11) is 3.22. The van der Waals surface area contributed by atoms with E-state index in [-0.39, 0.29) is 43.6 Å². The summed E-state index contributed by atoms with van der Waals surface area (Å²) in [5, 5.41) is 17.2.